The molecule has 1 saturated heterocycles. The van der Waals surface area contributed by atoms with E-state index in [0.29, 0.717) is 30.9 Å². The van der Waals surface area contributed by atoms with Crippen LogP contribution in [0.2, 0.25) is 0 Å². The minimum atomic E-state index is 0.314. The van der Waals surface area contributed by atoms with E-state index in [2.05, 4.69) is 32.1 Å². The first-order chi connectivity index (χ1) is 13.3. The molecule has 0 radical (unpaired) electrons. The van der Waals surface area contributed by atoms with Crippen molar-refractivity contribution < 1.29 is 18.3 Å². The van der Waals surface area contributed by atoms with Crippen LogP contribution in [0, 0.1) is 0 Å². The van der Waals surface area contributed by atoms with Gasteiger partial charge in [0.15, 0.2) is 17.3 Å². The maximum absolute atomic E-state index is 5.70. The Labute approximate surface area is 156 Å². The lowest BCUT2D eigenvalue weighted by atomic mass is 10.1. The molecule has 0 bridgehead atoms. The number of piperazine rings is 1. The average Bonchev–Trinajstić information content (AvgIpc) is 3.44. The van der Waals surface area contributed by atoms with Gasteiger partial charge in [-0.05, 0) is 29.8 Å². The van der Waals surface area contributed by atoms with Gasteiger partial charge in [-0.3, -0.25) is 9.80 Å². The number of aromatic nitrogens is 2. The van der Waals surface area contributed by atoms with Gasteiger partial charge in [0.1, 0.15) is 0 Å². The first-order valence-corrected chi connectivity index (χ1v) is 9.03. The van der Waals surface area contributed by atoms with Crippen LogP contribution in [0.1, 0.15) is 11.5 Å². The number of rotatable bonds is 5. The minimum absolute atomic E-state index is 0.314. The van der Waals surface area contributed by atoms with Gasteiger partial charge in [-0.25, -0.2) is 0 Å². The van der Waals surface area contributed by atoms with Crippen molar-refractivity contribution in [3.8, 4) is 23.1 Å². The highest BCUT2D eigenvalue weighted by molar-refractivity contribution is 5.44. The van der Waals surface area contributed by atoms with Crippen LogP contribution in [0.4, 0.5) is 0 Å². The minimum Gasteiger partial charge on any atom is -0.459 e. The van der Waals surface area contributed by atoms with E-state index in [1.807, 2.05) is 12.1 Å². The first-order valence-electron chi connectivity index (χ1n) is 9.03. The van der Waals surface area contributed by atoms with E-state index in [4.69, 9.17) is 18.3 Å². The third kappa shape index (κ3) is 3.54. The fourth-order valence-corrected chi connectivity index (χ4v) is 3.41. The Kier molecular flexibility index (Phi) is 4.27. The monoisotopic (exact) mass is 368 g/mol. The summed E-state index contributed by atoms with van der Waals surface area (Å²) in [5, 5.41) is 8.18. The molecule has 0 atom stereocenters. The lowest BCUT2D eigenvalue weighted by Crippen LogP contribution is -2.45. The molecule has 4 heterocycles. The third-order valence-electron chi connectivity index (χ3n) is 4.87. The highest BCUT2D eigenvalue weighted by atomic mass is 16.7. The molecule has 3 aromatic rings. The van der Waals surface area contributed by atoms with Crippen LogP contribution in [0.3, 0.4) is 0 Å². The number of fused-ring (bicyclic) bond motifs is 1. The summed E-state index contributed by atoms with van der Waals surface area (Å²) < 4.78 is 21.8. The topological polar surface area (TPSA) is 77.0 Å². The second kappa shape index (κ2) is 7.05. The summed E-state index contributed by atoms with van der Waals surface area (Å²) >= 11 is 0. The standard InChI is InChI=1S/C19H20N4O4/c1-2-16(24-9-1)19-21-20-18(27-19)12-23-7-5-22(6-8-23)11-14-3-4-15-17(10-14)26-13-25-15/h1-4,9-10H,5-8,11-13H2. The lowest BCUT2D eigenvalue weighted by Gasteiger charge is -2.33. The van der Waals surface area contributed by atoms with Crippen molar-refractivity contribution in [2.24, 2.45) is 0 Å². The van der Waals surface area contributed by atoms with Crippen molar-refractivity contribution in [2.45, 2.75) is 13.1 Å². The van der Waals surface area contributed by atoms with Crippen molar-refractivity contribution in [1.82, 2.24) is 20.0 Å². The summed E-state index contributed by atoms with van der Waals surface area (Å²) in [6, 6.07) is 9.78. The van der Waals surface area contributed by atoms with Crippen molar-refractivity contribution >= 4 is 0 Å². The molecule has 5 rings (SSSR count). The third-order valence-corrected chi connectivity index (χ3v) is 4.87. The molecule has 27 heavy (non-hydrogen) atoms. The zero-order chi connectivity index (χ0) is 18.1. The van der Waals surface area contributed by atoms with Crippen molar-refractivity contribution in [2.75, 3.05) is 33.0 Å². The normalized spacial score (nSPS) is 17.5. The van der Waals surface area contributed by atoms with E-state index in [-0.39, 0.29) is 0 Å². The maximum atomic E-state index is 5.70. The molecule has 2 aromatic heterocycles. The molecule has 1 fully saturated rings. The summed E-state index contributed by atoms with van der Waals surface area (Å²) in [6.07, 6.45) is 1.60. The fourth-order valence-electron chi connectivity index (χ4n) is 3.41. The highest BCUT2D eigenvalue weighted by Crippen LogP contribution is 2.32. The number of hydrogen-bond donors (Lipinski definition) is 0. The quantitative estimate of drug-likeness (QED) is 0.679. The molecule has 1 aromatic carbocycles. The predicted molar refractivity (Wildman–Crippen MR) is 95.1 cm³/mol. The Hall–Kier alpha value is -2.84. The molecule has 2 aliphatic rings. The molecule has 8 nitrogen and oxygen atoms in total. The predicted octanol–water partition coefficient (Wildman–Crippen LogP) is 2.38. The van der Waals surface area contributed by atoms with E-state index < -0.39 is 0 Å². The fraction of sp³-hybridized carbons (Fsp3) is 0.368. The second-order valence-electron chi connectivity index (χ2n) is 6.72. The number of ether oxygens (including phenoxy) is 2. The van der Waals surface area contributed by atoms with Crippen LogP contribution < -0.4 is 9.47 Å². The molecule has 8 heteroatoms. The largest absolute Gasteiger partial charge is 0.459 e. The molecule has 0 spiro atoms. The molecule has 2 aliphatic heterocycles. The van der Waals surface area contributed by atoms with Gasteiger partial charge in [0, 0.05) is 32.7 Å². The molecule has 0 amide bonds. The van der Waals surface area contributed by atoms with Gasteiger partial charge < -0.3 is 18.3 Å². The molecular formula is C19H20N4O4. The van der Waals surface area contributed by atoms with Gasteiger partial charge >= 0.3 is 0 Å². The van der Waals surface area contributed by atoms with Crippen molar-refractivity contribution in [3.63, 3.8) is 0 Å². The van der Waals surface area contributed by atoms with Gasteiger partial charge in [-0.15, -0.1) is 10.2 Å². The Morgan fingerprint density at radius 2 is 1.70 bits per heavy atom. The highest BCUT2D eigenvalue weighted by Gasteiger charge is 2.21. The van der Waals surface area contributed by atoms with E-state index in [1.165, 1.54) is 5.56 Å². The van der Waals surface area contributed by atoms with Crippen LogP contribution in [0.25, 0.3) is 11.7 Å². The van der Waals surface area contributed by atoms with Gasteiger partial charge in [-0.1, -0.05) is 6.07 Å². The Morgan fingerprint density at radius 1 is 0.889 bits per heavy atom. The summed E-state index contributed by atoms with van der Waals surface area (Å²) in [6.45, 7) is 5.79. The molecule has 0 aliphatic carbocycles. The van der Waals surface area contributed by atoms with Crippen LogP contribution in [-0.4, -0.2) is 53.0 Å². The van der Waals surface area contributed by atoms with E-state index >= 15 is 0 Å². The number of benzene rings is 1. The van der Waals surface area contributed by atoms with E-state index in [0.717, 1.165) is 44.2 Å². The number of furan rings is 1. The van der Waals surface area contributed by atoms with Gasteiger partial charge in [0.2, 0.25) is 12.7 Å². The SMILES string of the molecule is c1coc(-c2nnc(CN3CCN(Cc4ccc5c(c4)OCO5)CC3)o2)c1. The summed E-state index contributed by atoms with van der Waals surface area (Å²) in [7, 11) is 0. The van der Waals surface area contributed by atoms with Gasteiger partial charge in [0.25, 0.3) is 5.89 Å². The van der Waals surface area contributed by atoms with Crippen LogP contribution in [-0.2, 0) is 13.1 Å². The maximum Gasteiger partial charge on any atom is 0.283 e. The molecule has 0 unspecified atom stereocenters. The van der Waals surface area contributed by atoms with Crippen LogP contribution >= 0.6 is 0 Å². The average molecular weight is 368 g/mol. The zero-order valence-electron chi connectivity index (χ0n) is 14.8. The van der Waals surface area contributed by atoms with E-state index in [9.17, 15) is 0 Å². The van der Waals surface area contributed by atoms with Crippen molar-refractivity contribution in [1.29, 1.82) is 0 Å². The summed E-state index contributed by atoms with van der Waals surface area (Å²) in [5.74, 6) is 3.32. The first kappa shape index (κ1) is 16.3. The molecule has 0 N–H and O–H groups in total. The lowest BCUT2D eigenvalue weighted by molar-refractivity contribution is 0.114. The van der Waals surface area contributed by atoms with Crippen LogP contribution in [0.15, 0.2) is 45.4 Å². The second-order valence-corrected chi connectivity index (χ2v) is 6.72. The number of hydrogen-bond acceptors (Lipinski definition) is 8. The zero-order valence-corrected chi connectivity index (χ0v) is 14.8. The number of nitrogens with zero attached hydrogens (tertiary/aromatic N) is 4. The summed E-state index contributed by atoms with van der Waals surface area (Å²) in [5.41, 5.74) is 1.24. The Balaban J connectivity index is 1.14. The molecule has 140 valence electrons. The summed E-state index contributed by atoms with van der Waals surface area (Å²) in [4.78, 5) is 4.77. The smallest absolute Gasteiger partial charge is 0.283 e. The van der Waals surface area contributed by atoms with Crippen LogP contribution in [0.5, 0.6) is 11.5 Å². The van der Waals surface area contributed by atoms with Crippen molar-refractivity contribution in [3.05, 3.63) is 48.0 Å². The van der Waals surface area contributed by atoms with Gasteiger partial charge in [-0.2, -0.15) is 0 Å². The Morgan fingerprint density at radius 3 is 2.52 bits per heavy atom. The Bertz CT molecular complexity index is 900. The van der Waals surface area contributed by atoms with E-state index in [1.54, 1.807) is 12.3 Å². The van der Waals surface area contributed by atoms with Gasteiger partial charge in [0.05, 0.1) is 12.8 Å². The molecular weight excluding hydrogens is 348 g/mol. The molecule has 0 saturated carbocycles.